The van der Waals surface area contributed by atoms with Gasteiger partial charge in [-0.15, -0.1) is 0 Å². The first-order valence-electron chi connectivity index (χ1n) is 5.45. The van der Waals surface area contributed by atoms with Crippen LogP contribution in [0.25, 0.3) is 0 Å². The van der Waals surface area contributed by atoms with Gasteiger partial charge in [-0.3, -0.25) is 9.59 Å². The zero-order chi connectivity index (χ0) is 15.3. The molecule has 1 amide bonds. The third kappa shape index (κ3) is 5.05. The molecule has 0 saturated heterocycles. The number of amides is 1. The van der Waals surface area contributed by atoms with Crippen LogP contribution >= 0.6 is 23.4 Å². The Morgan fingerprint density at radius 2 is 2.00 bits per heavy atom. The van der Waals surface area contributed by atoms with Crippen LogP contribution in [0.5, 0.6) is 0 Å². The molecule has 0 radical (unpaired) electrons. The average molecular weight is 326 g/mol. The predicted molar refractivity (Wildman–Crippen MR) is 71.9 cm³/mol. The highest BCUT2D eigenvalue weighted by molar-refractivity contribution is 8.00. The van der Waals surface area contributed by atoms with Gasteiger partial charge in [-0.1, -0.05) is 23.7 Å². The van der Waals surface area contributed by atoms with Gasteiger partial charge in [0.25, 0.3) is 0 Å². The zero-order valence-electron chi connectivity index (χ0n) is 10.3. The van der Waals surface area contributed by atoms with Crippen LogP contribution < -0.4 is 5.32 Å². The van der Waals surface area contributed by atoms with Gasteiger partial charge in [0, 0.05) is 4.90 Å². The minimum absolute atomic E-state index is 0.0438. The molecule has 20 heavy (non-hydrogen) atoms. The largest absolute Gasteiger partial charge is 0.342 e. The van der Waals surface area contributed by atoms with E-state index in [9.17, 15) is 22.8 Å². The van der Waals surface area contributed by atoms with Gasteiger partial charge in [0.15, 0.2) is 0 Å². The van der Waals surface area contributed by atoms with Gasteiger partial charge in [0.1, 0.15) is 5.78 Å². The summed E-state index contributed by atoms with van der Waals surface area (Å²) in [6, 6.07) is 5.64. The molecule has 1 aromatic carbocycles. The van der Waals surface area contributed by atoms with E-state index in [1.165, 1.54) is 31.2 Å². The van der Waals surface area contributed by atoms with Crippen molar-refractivity contribution in [1.82, 2.24) is 0 Å². The van der Waals surface area contributed by atoms with Gasteiger partial charge in [0.2, 0.25) is 11.5 Å². The molecule has 1 unspecified atom stereocenters. The lowest BCUT2D eigenvalue weighted by molar-refractivity contribution is -0.124. The van der Waals surface area contributed by atoms with Crippen LogP contribution in [0.3, 0.4) is 0 Å². The summed E-state index contributed by atoms with van der Waals surface area (Å²) in [5, 5.41) is -1.51. The Balaban J connectivity index is 2.88. The van der Waals surface area contributed by atoms with E-state index in [-0.39, 0.29) is 34.5 Å². The molecule has 0 aliphatic rings. The summed E-state index contributed by atoms with van der Waals surface area (Å²) in [5.41, 5.74) is -2.78. The van der Waals surface area contributed by atoms with Gasteiger partial charge in [0.05, 0.1) is 12.1 Å². The summed E-state index contributed by atoms with van der Waals surface area (Å²) in [4.78, 5) is 22.2. The molecule has 0 saturated carbocycles. The van der Waals surface area contributed by atoms with Gasteiger partial charge in [-0.2, -0.15) is 8.78 Å². The van der Waals surface area contributed by atoms with Gasteiger partial charge >= 0.3 is 5.25 Å². The smallest absolute Gasteiger partial charge is 0.325 e. The van der Waals surface area contributed by atoms with Crippen molar-refractivity contribution in [3.05, 3.63) is 24.3 Å². The van der Waals surface area contributed by atoms with E-state index in [4.69, 9.17) is 11.6 Å². The SMILES string of the molecule is CC(=O)CC(=O)Nc1ccccc1SC(F)(F)C(F)Cl. The van der Waals surface area contributed by atoms with Crippen LogP contribution in [0.2, 0.25) is 0 Å². The fraction of sp³-hybridized carbons (Fsp3) is 0.333. The molecule has 3 nitrogen and oxygen atoms in total. The number of alkyl halides is 4. The molecule has 0 aromatic heterocycles. The first kappa shape index (κ1) is 16.8. The number of carbonyl (C=O) groups excluding carboxylic acids is 2. The van der Waals surface area contributed by atoms with Crippen molar-refractivity contribution in [1.29, 1.82) is 0 Å². The number of anilines is 1. The zero-order valence-corrected chi connectivity index (χ0v) is 11.9. The molecule has 8 heteroatoms. The molecular weight excluding hydrogens is 315 g/mol. The Morgan fingerprint density at radius 1 is 1.40 bits per heavy atom. The molecule has 110 valence electrons. The molecule has 0 aliphatic carbocycles. The molecule has 1 atom stereocenters. The molecule has 1 N–H and O–H groups in total. The molecule has 0 heterocycles. The third-order valence-electron chi connectivity index (χ3n) is 2.07. The van der Waals surface area contributed by atoms with Crippen molar-refractivity contribution in [3.8, 4) is 0 Å². The van der Waals surface area contributed by atoms with Crippen LogP contribution in [0, 0.1) is 0 Å². The van der Waals surface area contributed by atoms with E-state index in [0.29, 0.717) is 0 Å². The number of Topliss-reactive ketones (excluding diaryl/α,β-unsaturated/α-hetero) is 1. The molecule has 0 fully saturated rings. The highest BCUT2D eigenvalue weighted by atomic mass is 35.5. The summed E-state index contributed by atoms with van der Waals surface area (Å²) in [6.07, 6.45) is -0.364. The molecule has 0 aliphatic heterocycles. The van der Waals surface area contributed by atoms with Crippen LogP contribution in [0.1, 0.15) is 13.3 Å². The van der Waals surface area contributed by atoms with Gasteiger partial charge < -0.3 is 5.32 Å². The summed E-state index contributed by atoms with van der Waals surface area (Å²) in [7, 11) is 0. The van der Waals surface area contributed by atoms with E-state index in [1.54, 1.807) is 0 Å². The number of para-hydroxylation sites is 1. The molecular formula is C12H11ClF3NO2S. The van der Waals surface area contributed by atoms with E-state index in [0.717, 1.165) is 0 Å². The number of benzene rings is 1. The van der Waals surface area contributed by atoms with E-state index in [1.807, 2.05) is 0 Å². The number of hydrogen-bond donors (Lipinski definition) is 1. The number of nitrogens with one attached hydrogen (secondary N) is 1. The van der Waals surface area contributed by atoms with E-state index >= 15 is 0 Å². The lowest BCUT2D eigenvalue weighted by Gasteiger charge is -2.17. The summed E-state index contributed by atoms with van der Waals surface area (Å²) >= 11 is 4.68. The van der Waals surface area contributed by atoms with Crippen LogP contribution in [-0.4, -0.2) is 22.6 Å². The number of ketones is 1. The lowest BCUT2D eigenvalue weighted by Crippen LogP contribution is -2.21. The van der Waals surface area contributed by atoms with E-state index < -0.39 is 16.8 Å². The van der Waals surface area contributed by atoms with Crippen molar-refractivity contribution in [2.45, 2.75) is 29.1 Å². The standard InChI is InChI=1S/C12H11ClF3NO2S/c1-7(18)6-10(19)17-8-4-2-3-5-9(8)20-12(15,16)11(13)14/h2-5,11H,6H2,1H3,(H,17,19). The van der Waals surface area contributed by atoms with Gasteiger partial charge in [-0.05, 0) is 30.8 Å². The van der Waals surface area contributed by atoms with Crippen molar-refractivity contribution in [3.63, 3.8) is 0 Å². The van der Waals surface area contributed by atoms with Crippen LogP contribution in [0.15, 0.2) is 29.2 Å². The van der Waals surface area contributed by atoms with Gasteiger partial charge in [-0.25, -0.2) is 4.39 Å². The first-order chi connectivity index (χ1) is 9.22. The Bertz CT molecular complexity index is 511. The first-order valence-corrected chi connectivity index (χ1v) is 6.71. The summed E-state index contributed by atoms with van der Waals surface area (Å²) in [6.45, 7) is 1.23. The third-order valence-corrected chi connectivity index (χ3v) is 3.53. The Labute approximate surface area is 122 Å². The fourth-order valence-electron chi connectivity index (χ4n) is 1.27. The number of hydrogen-bond acceptors (Lipinski definition) is 3. The maximum absolute atomic E-state index is 13.2. The molecule has 1 rings (SSSR count). The number of halogens is 4. The second-order valence-corrected chi connectivity index (χ2v) is 5.46. The second kappa shape index (κ2) is 6.99. The maximum atomic E-state index is 13.2. The number of thioether (sulfide) groups is 1. The maximum Gasteiger partial charge on any atom is 0.342 e. The molecule has 1 aromatic rings. The normalized spacial score (nSPS) is 12.8. The monoisotopic (exact) mass is 325 g/mol. The topological polar surface area (TPSA) is 46.2 Å². The highest BCUT2D eigenvalue weighted by Gasteiger charge is 2.40. The minimum atomic E-state index is -3.83. The van der Waals surface area contributed by atoms with E-state index in [2.05, 4.69) is 5.32 Å². The number of carbonyl (C=O) groups is 2. The average Bonchev–Trinajstić information content (AvgIpc) is 2.30. The minimum Gasteiger partial charge on any atom is -0.325 e. The Morgan fingerprint density at radius 3 is 2.55 bits per heavy atom. The van der Waals surface area contributed by atoms with Crippen molar-refractivity contribution >= 4 is 40.7 Å². The Kier molecular flexibility index (Phi) is 5.88. The Hall–Kier alpha value is -1.21. The molecule has 0 bridgehead atoms. The van der Waals surface area contributed by atoms with Crippen LogP contribution in [-0.2, 0) is 9.59 Å². The van der Waals surface area contributed by atoms with Crippen molar-refractivity contribution in [2.24, 2.45) is 0 Å². The van der Waals surface area contributed by atoms with Crippen molar-refractivity contribution < 1.29 is 22.8 Å². The number of rotatable bonds is 6. The lowest BCUT2D eigenvalue weighted by atomic mass is 10.2. The van der Waals surface area contributed by atoms with Crippen molar-refractivity contribution in [2.75, 3.05) is 5.32 Å². The quantitative estimate of drug-likeness (QED) is 0.491. The molecule has 0 spiro atoms. The van der Waals surface area contributed by atoms with Crippen LogP contribution in [0.4, 0.5) is 18.9 Å². The second-order valence-electron chi connectivity index (χ2n) is 3.89. The fourth-order valence-corrected chi connectivity index (χ4v) is 2.16. The highest BCUT2D eigenvalue weighted by Crippen LogP contribution is 2.43. The summed E-state index contributed by atoms with van der Waals surface area (Å²) in [5.74, 6) is -0.987. The predicted octanol–water partition coefficient (Wildman–Crippen LogP) is 3.82. The summed E-state index contributed by atoms with van der Waals surface area (Å²) < 4.78 is 39.1.